The van der Waals surface area contributed by atoms with Crippen molar-refractivity contribution in [1.29, 1.82) is 0 Å². The van der Waals surface area contributed by atoms with Crippen LogP contribution in [-0.2, 0) is 0 Å². The molecule has 2 aromatic heterocycles. The summed E-state index contributed by atoms with van der Waals surface area (Å²) in [5.74, 6) is 1.49. The number of aromatic nitrogens is 3. The summed E-state index contributed by atoms with van der Waals surface area (Å²) in [6, 6.07) is 1.66. The van der Waals surface area contributed by atoms with E-state index in [1.54, 1.807) is 12.3 Å². The molecule has 1 atom stereocenters. The third-order valence-electron chi connectivity index (χ3n) is 3.30. The van der Waals surface area contributed by atoms with Gasteiger partial charge < -0.3 is 9.63 Å². The van der Waals surface area contributed by atoms with Gasteiger partial charge in [0, 0.05) is 12.1 Å². The van der Waals surface area contributed by atoms with Gasteiger partial charge in [0.05, 0.1) is 11.8 Å². The standard InChI is InChI=1S/C12H13N3O2/c1-12(2)5-8(12)10-14-11(17-15-10)7-3-4-13-6-9(7)16/h3-4,6,8,16H,5H2,1-2H3. The Kier molecular flexibility index (Phi) is 1.98. The number of rotatable bonds is 2. The summed E-state index contributed by atoms with van der Waals surface area (Å²) >= 11 is 0. The molecule has 1 N–H and O–H groups in total. The molecular weight excluding hydrogens is 218 g/mol. The Balaban J connectivity index is 1.94. The number of hydrogen-bond donors (Lipinski definition) is 1. The third kappa shape index (κ3) is 1.67. The molecule has 2 heterocycles. The van der Waals surface area contributed by atoms with Crippen LogP contribution in [0.4, 0.5) is 0 Å². The predicted octanol–water partition coefficient (Wildman–Crippen LogP) is 2.35. The second kappa shape index (κ2) is 3.29. The smallest absolute Gasteiger partial charge is 0.261 e. The molecule has 2 aromatic rings. The highest BCUT2D eigenvalue weighted by molar-refractivity contribution is 5.60. The van der Waals surface area contributed by atoms with E-state index in [1.165, 1.54) is 6.20 Å². The van der Waals surface area contributed by atoms with Crippen molar-refractivity contribution in [2.24, 2.45) is 5.41 Å². The maximum absolute atomic E-state index is 9.64. The van der Waals surface area contributed by atoms with Gasteiger partial charge in [-0.25, -0.2) is 0 Å². The molecule has 0 amide bonds. The number of hydrogen-bond acceptors (Lipinski definition) is 5. The fourth-order valence-corrected chi connectivity index (χ4v) is 1.96. The second-order valence-electron chi connectivity index (χ2n) is 5.10. The molecule has 0 aliphatic heterocycles. The Morgan fingerprint density at radius 2 is 2.24 bits per heavy atom. The van der Waals surface area contributed by atoms with Crippen molar-refractivity contribution in [3.8, 4) is 17.2 Å². The van der Waals surface area contributed by atoms with Crippen LogP contribution in [0, 0.1) is 5.41 Å². The first-order chi connectivity index (χ1) is 8.08. The Labute approximate surface area is 98.5 Å². The molecular formula is C12H13N3O2. The average Bonchev–Trinajstić information content (AvgIpc) is 2.76. The highest BCUT2D eigenvalue weighted by atomic mass is 16.5. The topological polar surface area (TPSA) is 72.0 Å². The first kappa shape index (κ1) is 10.3. The molecule has 5 nitrogen and oxygen atoms in total. The molecule has 1 fully saturated rings. The zero-order valence-electron chi connectivity index (χ0n) is 9.71. The Morgan fingerprint density at radius 1 is 1.47 bits per heavy atom. The van der Waals surface area contributed by atoms with Crippen molar-refractivity contribution < 1.29 is 9.63 Å². The number of aromatic hydroxyl groups is 1. The predicted molar refractivity (Wildman–Crippen MR) is 60.3 cm³/mol. The summed E-state index contributed by atoms with van der Waals surface area (Å²) in [5.41, 5.74) is 0.790. The van der Waals surface area contributed by atoms with Crippen LogP contribution in [0.15, 0.2) is 23.0 Å². The molecule has 5 heteroatoms. The van der Waals surface area contributed by atoms with E-state index >= 15 is 0 Å². The van der Waals surface area contributed by atoms with Crippen LogP contribution in [0.3, 0.4) is 0 Å². The molecule has 0 aromatic carbocycles. The normalized spacial score (nSPS) is 21.4. The van der Waals surface area contributed by atoms with Crippen LogP contribution >= 0.6 is 0 Å². The highest BCUT2D eigenvalue weighted by Gasteiger charge is 2.49. The van der Waals surface area contributed by atoms with E-state index in [-0.39, 0.29) is 11.2 Å². The molecule has 17 heavy (non-hydrogen) atoms. The molecule has 1 saturated carbocycles. The van der Waals surface area contributed by atoms with Crippen molar-refractivity contribution in [3.05, 3.63) is 24.3 Å². The maximum atomic E-state index is 9.64. The van der Waals surface area contributed by atoms with E-state index in [2.05, 4.69) is 29.0 Å². The molecule has 1 unspecified atom stereocenters. The van der Waals surface area contributed by atoms with Gasteiger partial charge in [-0.05, 0) is 17.9 Å². The summed E-state index contributed by atoms with van der Waals surface area (Å²) < 4.78 is 5.18. The minimum absolute atomic E-state index is 0.0535. The van der Waals surface area contributed by atoms with Crippen LogP contribution in [0.25, 0.3) is 11.5 Å². The first-order valence-corrected chi connectivity index (χ1v) is 5.55. The molecule has 1 aliphatic carbocycles. The van der Waals surface area contributed by atoms with Gasteiger partial charge in [0.2, 0.25) is 0 Å². The Hall–Kier alpha value is -1.91. The Bertz CT molecular complexity index is 562. The highest BCUT2D eigenvalue weighted by Crippen LogP contribution is 2.57. The largest absolute Gasteiger partial charge is 0.505 e. The lowest BCUT2D eigenvalue weighted by Crippen LogP contribution is -1.91. The molecule has 3 rings (SSSR count). The monoisotopic (exact) mass is 231 g/mol. The number of nitrogens with zero attached hydrogens (tertiary/aromatic N) is 3. The zero-order chi connectivity index (χ0) is 12.0. The van der Waals surface area contributed by atoms with Crippen LogP contribution < -0.4 is 0 Å². The maximum Gasteiger partial charge on any atom is 0.261 e. The molecule has 0 bridgehead atoms. The van der Waals surface area contributed by atoms with Gasteiger partial charge in [-0.3, -0.25) is 4.98 Å². The van der Waals surface area contributed by atoms with Crippen molar-refractivity contribution in [3.63, 3.8) is 0 Å². The minimum Gasteiger partial charge on any atom is -0.505 e. The van der Waals surface area contributed by atoms with Crippen molar-refractivity contribution in [1.82, 2.24) is 15.1 Å². The van der Waals surface area contributed by atoms with Crippen LogP contribution in [-0.4, -0.2) is 20.2 Å². The Morgan fingerprint density at radius 3 is 2.88 bits per heavy atom. The quantitative estimate of drug-likeness (QED) is 0.858. The number of pyridine rings is 1. The summed E-state index contributed by atoms with van der Waals surface area (Å²) in [4.78, 5) is 8.14. The lowest BCUT2D eigenvalue weighted by molar-refractivity contribution is 0.414. The lowest BCUT2D eigenvalue weighted by Gasteiger charge is -1.97. The molecule has 0 radical (unpaired) electrons. The van der Waals surface area contributed by atoms with Gasteiger partial charge in [-0.15, -0.1) is 0 Å². The summed E-state index contributed by atoms with van der Waals surface area (Å²) in [7, 11) is 0. The van der Waals surface area contributed by atoms with Gasteiger partial charge >= 0.3 is 0 Å². The lowest BCUT2D eigenvalue weighted by atomic mass is 10.1. The summed E-state index contributed by atoms with van der Waals surface area (Å²) in [6.45, 7) is 4.36. The van der Waals surface area contributed by atoms with Crippen LogP contribution in [0.1, 0.15) is 32.0 Å². The van der Waals surface area contributed by atoms with Gasteiger partial charge in [0.25, 0.3) is 5.89 Å². The van der Waals surface area contributed by atoms with Crippen molar-refractivity contribution in [2.45, 2.75) is 26.2 Å². The van der Waals surface area contributed by atoms with Gasteiger partial charge in [-0.1, -0.05) is 19.0 Å². The van der Waals surface area contributed by atoms with Crippen LogP contribution in [0.2, 0.25) is 0 Å². The third-order valence-corrected chi connectivity index (χ3v) is 3.30. The van der Waals surface area contributed by atoms with E-state index in [1.807, 2.05) is 0 Å². The van der Waals surface area contributed by atoms with Crippen molar-refractivity contribution in [2.75, 3.05) is 0 Å². The molecule has 0 spiro atoms. The van der Waals surface area contributed by atoms with E-state index in [9.17, 15) is 5.11 Å². The van der Waals surface area contributed by atoms with Gasteiger partial charge in [0.15, 0.2) is 5.82 Å². The summed E-state index contributed by atoms with van der Waals surface area (Å²) in [6.07, 6.45) is 4.02. The van der Waals surface area contributed by atoms with E-state index in [0.717, 1.165) is 12.2 Å². The summed E-state index contributed by atoms with van der Waals surface area (Å²) in [5, 5.41) is 13.6. The molecule has 0 saturated heterocycles. The fourth-order valence-electron chi connectivity index (χ4n) is 1.96. The molecule has 88 valence electrons. The molecule has 1 aliphatic rings. The zero-order valence-corrected chi connectivity index (χ0v) is 9.71. The van der Waals surface area contributed by atoms with Crippen LogP contribution in [0.5, 0.6) is 5.75 Å². The van der Waals surface area contributed by atoms with E-state index < -0.39 is 0 Å². The van der Waals surface area contributed by atoms with Gasteiger partial charge in [0.1, 0.15) is 5.75 Å². The van der Waals surface area contributed by atoms with Crippen molar-refractivity contribution >= 4 is 0 Å². The second-order valence-corrected chi connectivity index (χ2v) is 5.10. The average molecular weight is 231 g/mol. The van der Waals surface area contributed by atoms with E-state index in [4.69, 9.17) is 4.52 Å². The van der Waals surface area contributed by atoms with E-state index in [0.29, 0.717) is 17.4 Å². The minimum atomic E-state index is 0.0535. The van der Waals surface area contributed by atoms with Gasteiger partial charge in [-0.2, -0.15) is 4.98 Å². The first-order valence-electron chi connectivity index (χ1n) is 5.55. The fraction of sp³-hybridized carbons (Fsp3) is 0.417. The SMILES string of the molecule is CC1(C)CC1c1noc(-c2ccncc2O)n1.